The van der Waals surface area contributed by atoms with Crippen molar-refractivity contribution in [1.29, 1.82) is 0 Å². The molecule has 3 rings (SSSR count). The van der Waals surface area contributed by atoms with Gasteiger partial charge >= 0.3 is 0 Å². The van der Waals surface area contributed by atoms with Crippen LogP contribution >= 0.6 is 11.3 Å². The second-order valence-corrected chi connectivity index (χ2v) is 4.52. The maximum atomic E-state index is 5.53. The third kappa shape index (κ3) is 1.95. The molecule has 3 heterocycles. The summed E-state index contributed by atoms with van der Waals surface area (Å²) in [6.07, 6.45) is 0.507. The van der Waals surface area contributed by atoms with Gasteiger partial charge in [-0.15, -0.1) is 11.3 Å². The number of thiazole rings is 1. The normalized spacial score (nSPS) is 10.9. The van der Waals surface area contributed by atoms with Gasteiger partial charge in [-0.25, -0.2) is 9.61 Å². The quantitative estimate of drug-likeness (QED) is 0.746. The van der Waals surface area contributed by atoms with Crippen molar-refractivity contribution < 1.29 is 9.15 Å². The minimum absolute atomic E-state index is 0.121. The number of aromatic nitrogens is 5. The fourth-order valence-electron chi connectivity index (χ4n) is 1.38. The van der Waals surface area contributed by atoms with Crippen molar-refractivity contribution in [3.05, 3.63) is 21.9 Å². The number of anilines is 1. The SMILES string of the molecule is Cc1csc(Cc2noc(-c3nonc3N)n2)n1. The van der Waals surface area contributed by atoms with E-state index in [1.807, 2.05) is 12.3 Å². The Kier molecular flexibility index (Phi) is 2.52. The molecule has 0 aromatic carbocycles. The Balaban J connectivity index is 1.84. The fraction of sp³-hybridized carbons (Fsp3) is 0.222. The Morgan fingerprint density at radius 2 is 2.17 bits per heavy atom. The van der Waals surface area contributed by atoms with Gasteiger partial charge in [0.1, 0.15) is 5.01 Å². The molecule has 0 bridgehead atoms. The number of hydrogen-bond acceptors (Lipinski definition) is 9. The highest BCUT2D eigenvalue weighted by Gasteiger charge is 2.17. The van der Waals surface area contributed by atoms with Crippen molar-refractivity contribution >= 4 is 17.2 Å². The van der Waals surface area contributed by atoms with Gasteiger partial charge < -0.3 is 10.3 Å². The van der Waals surface area contributed by atoms with E-state index in [-0.39, 0.29) is 17.4 Å². The van der Waals surface area contributed by atoms with E-state index in [1.165, 1.54) is 0 Å². The molecule has 8 nitrogen and oxygen atoms in total. The zero-order chi connectivity index (χ0) is 12.5. The fourth-order valence-corrected chi connectivity index (χ4v) is 2.15. The second kappa shape index (κ2) is 4.18. The first kappa shape index (κ1) is 10.8. The van der Waals surface area contributed by atoms with E-state index >= 15 is 0 Å². The number of nitrogens with two attached hydrogens (primary N) is 1. The molecule has 0 aliphatic carbocycles. The third-order valence-electron chi connectivity index (χ3n) is 2.16. The summed E-state index contributed by atoms with van der Waals surface area (Å²) in [4.78, 5) is 8.49. The number of nitrogens with zero attached hydrogens (tertiary/aromatic N) is 5. The Labute approximate surface area is 105 Å². The van der Waals surface area contributed by atoms with Gasteiger partial charge in [0, 0.05) is 11.1 Å². The maximum absolute atomic E-state index is 5.53. The van der Waals surface area contributed by atoms with E-state index in [0.717, 1.165) is 10.7 Å². The molecule has 0 unspecified atom stereocenters. The smallest absolute Gasteiger partial charge is 0.284 e. The zero-order valence-corrected chi connectivity index (χ0v) is 10.1. The minimum atomic E-state index is 0.121. The third-order valence-corrected chi connectivity index (χ3v) is 3.13. The van der Waals surface area contributed by atoms with Crippen LogP contribution in [-0.2, 0) is 6.42 Å². The molecule has 0 saturated heterocycles. The van der Waals surface area contributed by atoms with Gasteiger partial charge in [0.05, 0.1) is 6.42 Å². The van der Waals surface area contributed by atoms with Crippen LogP contribution in [0.5, 0.6) is 0 Å². The van der Waals surface area contributed by atoms with Gasteiger partial charge in [0.15, 0.2) is 5.82 Å². The van der Waals surface area contributed by atoms with Crippen molar-refractivity contribution in [3.63, 3.8) is 0 Å². The highest BCUT2D eigenvalue weighted by molar-refractivity contribution is 7.09. The van der Waals surface area contributed by atoms with Gasteiger partial charge in [-0.2, -0.15) is 4.98 Å². The lowest BCUT2D eigenvalue weighted by molar-refractivity contribution is 0.308. The van der Waals surface area contributed by atoms with Crippen LogP contribution < -0.4 is 5.73 Å². The molecule has 0 fully saturated rings. The van der Waals surface area contributed by atoms with Gasteiger partial charge in [-0.1, -0.05) is 5.16 Å². The number of rotatable bonds is 3. The van der Waals surface area contributed by atoms with E-state index in [2.05, 4.69) is 30.1 Å². The molecule has 3 aromatic heterocycles. The first-order valence-corrected chi connectivity index (χ1v) is 5.92. The molecule has 2 N–H and O–H groups in total. The molecular formula is C9H8N6O2S. The summed E-state index contributed by atoms with van der Waals surface area (Å²) in [6.45, 7) is 1.93. The molecule has 18 heavy (non-hydrogen) atoms. The average molecular weight is 264 g/mol. The molecule has 0 amide bonds. The maximum Gasteiger partial charge on any atom is 0.284 e. The van der Waals surface area contributed by atoms with Gasteiger partial charge in [-0.3, -0.25) is 0 Å². The molecule has 0 spiro atoms. The minimum Gasteiger partial charge on any atom is -0.379 e. The van der Waals surface area contributed by atoms with Crippen molar-refractivity contribution in [2.75, 3.05) is 5.73 Å². The van der Waals surface area contributed by atoms with Gasteiger partial charge in [-0.05, 0) is 17.2 Å². The Morgan fingerprint density at radius 1 is 1.28 bits per heavy atom. The van der Waals surface area contributed by atoms with E-state index in [0.29, 0.717) is 12.2 Å². The topological polar surface area (TPSA) is 117 Å². The van der Waals surface area contributed by atoms with E-state index < -0.39 is 0 Å². The molecule has 0 aliphatic rings. The summed E-state index contributed by atoms with van der Waals surface area (Å²) in [6, 6.07) is 0. The van der Waals surface area contributed by atoms with Crippen LogP contribution in [0, 0.1) is 6.92 Å². The highest BCUT2D eigenvalue weighted by Crippen LogP contribution is 2.20. The molecule has 0 aliphatic heterocycles. The van der Waals surface area contributed by atoms with Crippen LogP contribution in [0.25, 0.3) is 11.6 Å². The van der Waals surface area contributed by atoms with E-state index in [4.69, 9.17) is 10.3 Å². The lowest BCUT2D eigenvalue weighted by Crippen LogP contribution is -1.91. The van der Waals surface area contributed by atoms with Crippen LogP contribution in [0.15, 0.2) is 14.5 Å². The first-order chi connectivity index (χ1) is 8.72. The predicted molar refractivity (Wildman–Crippen MR) is 61.7 cm³/mol. The summed E-state index contributed by atoms with van der Waals surface area (Å²) < 4.78 is 9.51. The standard InChI is InChI=1S/C9H8N6O2S/c1-4-3-18-6(11-4)2-5-12-9(16-13-5)7-8(10)15-17-14-7/h3H,2H2,1H3,(H2,10,15). The van der Waals surface area contributed by atoms with Crippen LogP contribution in [0.1, 0.15) is 16.5 Å². The van der Waals surface area contributed by atoms with Crippen molar-refractivity contribution in [3.8, 4) is 11.6 Å². The monoisotopic (exact) mass is 264 g/mol. The lowest BCUT2D eigenvalue weighted by atomic mass is 10.4. The Hall–Kier alpha value is -2.29. The predicted octanol–water partition coefficient (Wildman–Crippen LogP) is 1.06. The molecular weight excluding hydrogens is 256 g/mol. The lowest BCUT2D eigenvalue weighted by Gasteiger charge is -1.87. The Morgan fingerprint density at radius 3 is 2.83 bits per heavy atom. The highest BCUT2D eigenvalue weighted by atomic mass is 32.1. The zero-order valence-electron chi connectivity index (χ0n) is 9.32. The van der Waals surface area contributed by atoms with E-state index in [9.17, 15) is 0 Å². The van der Waals surface area contributed by atoms with Crippen LogP contribution in [0.4, 0.5) is 5.82 Å². The molecule has 3 aromatic rings. The summed E-state index contributed by atoms with van der Waals surface area (Å²) in [7, 11) is 0. The molecule has 0 saturated carbocycles. The van der Waals surface area contributed by atoms with Gasteiger partial charge in [0.2, 0.25) is 11.5 Å². The van der Waals surface area contributed by atoms with Crippen LogP contribution in [-0.4, -0.2) is 25.4 Å². The Bertz CT molecular complexity index is 672. The summed E-state index contributed by atoms with van der Waals surface area (Å²) in [5.74, 6) is 0.828. The molecule has 0 atom stereocenters. The van der Waals surface area contributed by atoms with Gasteiger partial charge in [0.25, 0.3) is 5.89 Å². The summed E-state index contributed by atoms with van der Waals surface area (Å²) in [5.41, 5.74) is 6.76. The number of nitrogen functional groups attached to an aromatic ring is 1. The average Bonchev–Trinajstić information content (AvgIpc) is 3.02. The second-order valence-electron chi connectivity index (χ2n) is 3.57. The van der Waals surface area contributed by atoms with Crippen molar-refractivity contribution in [1.82, 2.24) is 25.4 Å². The summed E-state index contributed by atoms with van der Waals surface area (Å²) in [5, 5.41) is 13.8. The molecule has 9 heteroatoms. The van der Waals surface area contributed by atoms with E-state index in [1.54, 1.807) is 11.3 Å². The molecule has 0 radical (unpaired) electrons. The van der Waals surface area contributed by atoms with Crippen molar-refractivity contribution in [2.24, 2.45) is 0 Å². The van der Waals surface area contributed by atoms with Crippen molar-refractivity contribution in [2.45, 2.75) is 13.3 Å². The first-order valence-electron chi connectivity index (χ1n) is 5.04. The largest absolute Gasteiger partial charge is 0.379 e. The number of hydrogen-bond donors (Lipinski definition) is 1. The molecule has 92 valence electrons. The van der Waals surface area contributed by atoms with Crippen LogP contribution in [0.2, 0.25) is 0 Å². The number of aryl methyl sites for hydroxylation is 1. The summed E-state index contributed by atoms with van der Waals surface area (Å²) >= 11 is 1.55. The van der Waals surface area contributed by atoms with Crippen LogP contribution in [0.3, 0.4) is 0 Å².